The van der Waals surface area contributed by atoms with Crippen molar-refractivity contribution in [2.75, 3.05) is 6.54 Å². The van der Waals surface area contributed by atoms with E-state index >= 15 is 0 Å². The molecule has 2 N–H and O–H groups in total. The third kappa shape index (κ3) is 4.31. The minimum absolute atomic E-state index is 0.0820. The fourth-order valence-electron chi connectivity index (χ4n) is 4.63. The van der Waals surface area contributed by atoms with Crippen molar-refractivity contribution in [2.45, 2.75) is 25.4 Å². The van der Waals surface area contributed by atoms with E-state index in [0.717, 1.165) is 12.0 Å². The van der Waals surface area contributed by atoms with Crippen LogP contribution in [0.25, 0.3) is 10.9 Å². The molecule has 1 atom stereocenters. The molecule has 0 aliphatic carbocycles. The lowest BCUT2D eigenvalue weighted by Gasteiger charge is -2.27. The Labute approximate surface area is 201 Å². The van der Waals surface area contributed by atoms with Gasteiger partial charge in [-0.1, -0.05) is 42.5 Å². The van der Waals surface area contributed by atoms with Crippen LogP contribution in [0.3, 0.4) is 0 Å². The molecule has 0 bridgehead atoms. The number of hydrogen-bond acceptors (Lipinski definition) is 5. The third-order valence-electron chi connectivity index (χ3n) is 6.38. The average molecular weight is 469 g/mol. The SMILES string of the molecule is O=C(NO)c1ccc(Cn2c([C@@H]3CCCN3C(=O)c3ccccc3)nc3ccccc3c2=O)cc1. The first-order chi connectivity index (χ1) is 17.1. The molecular formula is C27H24N4O4. The highest BCUT2D eigenvalue weighted by molar-refractivity contribution is 5.94. The number of nitrogens with zero attached hydrogens (tertiary/aromatic N) is 3. The van der Waals surface area contributed by atoms with E-state index in [0.29, 0.717) is 40.8 Å². The minimum atomic E-state index is -0.609. The fraction of sp³-hybridized carbons (Fsp3) is 0.185. The van der Waals surface area contributed by atoms with Crippen LogP contribution < -0.4 is 11.0 Å². The number of carbonyl (C=O) groups excluding carboxylic acids is 2. The molecule has 2 heterocycles. The number of amides is 2. The van der Waals surface area contributed by atoms with Gasteiger partial charge in [0.05, 0.1) is 23.5 Å². The largest absolute Gasteiger partial charge is 0.328 e. The molecule has 5 rings (SSSR count). The molecular weight excluding hydrogens is 444 g/mol. The molecule has 8 heteroatoms. The highest BCUT2D eigenvalue weighted by atomic mass is 16.5. The second kappa shape index (κ2) is 9.52. The van der Waals surface area contributed by atoms with Crippen molar-refractivity contribution in [3.05, 3.63) is 112 Å². The summed E-state index contributed by atoms with van der Waals surface area (Å²) in [6.07, 6.45) is 1.52. The zero-order valence-electron chi connectivity index (χ0n) is 18.9. The summed E-state index contributed by atoms with van der Waals surface area (Å²) in [5.74, 6) is -0.142. The van der Waals surface area contributed by atoms with E-state index in [2.05, 4.69) is 0 Å². The molecule has 0 radical (unpaired) electrons. The van der Waals surface area contributed by atoms with E-state index in [-0.39, 0.29) is 24.1 Å². The number of rotatable bonds is 5. The number of fused-ring (bicyclic) bond motifs is 1. The smallest absolute Gasteiger partial charge is 0.274 e. The number of nitrogens with one attached hydrogen (secondary N) is 1. The molecule has 0 saturated carbocycles. The molecule has 0 spiro atoms. The lowest BCUT2D eigenvalue weighted by atomic mass is 10.1. The van der Waals surface area contributed by atoms with Gasteiger partial charge < -0.3 is 4.90 Å². The third-order valence-corrected chi connectivity index (χ3v) is 6.38. The maximum absolute atomic E-state index is 13.6. The molecule has 176 valence electrons. The van der Waals surface area contributed by atoms with Gasteiger partial charge in [0.2, 0.25) is 0 Å². The molecule has 1 saturated heterocycles. The van der Waals surface area contributed by atoms with E-state index in [1.165, 1.54) is 0 Å². The lowest BCUT2D eigenvalue weighted by Crippen LogP contribution is -2.35. The molecule has 1 aromatic heterocycles. The number of para-hydroxylation sites is 1. The summed E-state index contributed by atoms with van der Waals surface area (Å²) in [5, 5.41) is 9.36. The molecule has 8 nitrogen and oxygen atoms in total. The number of likely N-dealkylation sites (tertiary alicyclic amines) is 1. The highest BCUT2D eigenvalue weighted by Gasteiger charge is 2.34. The van der Waals surface area contributed by atoms with E-state index in [1.807, 2.05) is 30.3 Å². The Kier molecular flexibility index (Phi) is 6.12. The topological polar surface area (TPSA) is 105 Å². The van der Waals surface area contributed by atoms with Gasteiger partial charge in [0.15, 0.2) is 0 Å². The van der Waals surface area contributed by atoms with Gasteiger partial charge in [-0.3, -0.25) is 24.2 Å². The van der Waals surface area contributed by atoms with E-state index in [9.17, 15) is 14.4 Å². The first-order valence-corrected chi connectivity index (χ1v) is 11.5. The fourth-order valence-corrected chi connectivity index (χ4v) is 4.63. The van der Waals surface area contributed by atoms with Gasteiger partial charge in [0, 0.05) is 17.7 Å². The Morgan fingerprint density at radius 1 is 0.943 bits per heavy atom. The van der Waals surface area contributed by atoms with Crippen molar-refractivity contribution in [3.8, 4) is 0 Å². The minimum Gasteiger partial charge on any atom is -0.328 e. The zero-order valence-corrected chi connectivity index (χ0v) is 18.9. The van der Waals surface area contributed by atoms with Gasteiger partial charge in [-0.05, 0) is 54.8 Å². The van der Waals surface area contributed by atoms with Gasteiger partial charge in [0.1, 0.15) is 5.82 Å². The molecule has 0 unspecified atom stereocenters. The Morgan fingerprint density at radius 3 is 2.40 bits per heavy atom. The normalized spacial score (nSPS) is 15.3. The Hall–Kier alpha value is -4.30. The van der Waals surface area contributed by atoms with Crippen LogP contribution in [0.15, 0.2) is 83.7 Å². The second-order valence-electron chi connectivity index (χ2n) is 8.54. The van der Waals surface area contributed by atoms with Gasteiger partial charge in [0.25, 0.3) is 17.4 Å². The summed E-state index contributed by atoms with van der Waals surface area (Å²) in [5.41, 5.74) is 3.73. The van der Waals surface area contributed by atoms with Gasteiger partial charge in [-0.15, -0.1) is 0 Å². The summed E-state index contributed by atoms with van der Waals surface area (Å²) in [6.45, 7) is 0.822. The zero-order chi connectivity index (χ0) is 24.4. The Morgan fingerprint density at radius 2 is 1.66 bits per heavy atom. The van der Waals surface area contributed by atoms with Crippen molar-refractivity contribution in [3.63, 3.8) is 0 Å². The van der Waals surface area contributed by atoms with E-state index in [4.69, 9.17) is 10.2 Å². The Bertz CT molecular complexity index is 1450. The van der Waals surface area contributed by atoms with Gasteiger partial charge in [-0.2, -0.15) is 0 Å². The second-order valence-corrected chi connectivity index (χ2v) is 8.54. The predicted octanol–water partition coefficient (Wildman–Crippen LogP) is 3.54. The molecule has 1 aliphatic heterocycles. The number of benzene rings is 3. The van der Waals surface area contributed by atoms with Crippen LogP contribution in [0.2, 0.25) is 0 Å². The van der Waals surface area contributed by atoms with Crippen molar-refractivity contribution < 1.29 is 14.8 Å². The first-order valence-electron chi connectivity index (χ1n) is 11.5. The van der Waals surface area contributed by atoms with Crippen LogP contribution >= 0.6 is 0 Å². The van der Waals surface area contributed by atoms with Crippen molar-refractivity contribution >= 4 is 22.7 Å². The number of hydroxylamine groups is 1. The molecule has 4 aromatic rings. The maximum atomic E-state index is 13.6. The van der Waals surface area contributed by atoms with Crippen LogP contribution in [0.1, 0.15) is 51.0 Å². The average Bonchev–Trinajstić information content (AvgIpc) is 3.40. The van der Waals surface area contributed by atoms with E-state index < -0.39 is 5.91 Å². The van der Waals surface area contributed by atoms with Crippen LogP contribution in [0.5, 0.6) is 0 Å². The first kappa shape index (κ1) is 22.5. The summed E-state index contributed by atoms with van der Waals surface area (Å²) in [4.78, 5) is 45.3. The lowest BCUT2D eigenvalue weighted by molar-refractivity contribution is 0.0705. The predicted molar refractivity (Wildman–Crippen MR) is 130 cm³/mol. The van der Waals surface area contributed by atoms with Crippen LogP contribution in [0, 0.1) is 0 Å². The van der Waals surface area contributed by atoms with Gasteiger partial charge in [-0.25, -0.2) is 10.5 Å². The summed E-state index contributed by atoms with van der Waals surface area (Å²) >= 11 is 0. The van der Waals surface area contributed by atoms with Crippen LogP contribution in [-0.2, 0) is 6.54 Å². The van der Waals surface area contributed by atoms with Crippen molar-refractivity contribution in [1.29, 1.82) is 0 Å². The molecule has 1 aliphatic rings. The molecule has 1 fully saturated rings. The summed E-state index contributed by atoms with van der Waals surface area (Å²) < 4.78 is 1.63. The number of aromatic nitrogens is 2. The monoisotopic (exact) mass is 468 g/mol. The van der Waals surface area contributed by atoms with Gasteiger partial charge >= 0.3 is 0 Å². The highest BCUT2D eigenvalue weighted by Crippen LogP contribution is 2.32. The molecule has 3 aromatic carbocycles. The molecule has 2 amide bonds. The quantitative estimate of drug-likeness (QED) is 0.344. The molecule has 35 heavy (non-hydrogen) atoms. The van der Waals surface area contributed by atoms with Crippen LogP contribution in [0.4, 0.5) is 0 Å². The van der Waals surface area contributed by atoms with Crippen molar-refractivity contribution in [2.24, 2.45) is 0 Å². The van der Waals surface area contributed by atoms with E-state index in [1.54, 1.807) is 63.5 Å². The van der Waals surface area contributed by atoms with Crippen molar-refractivity contribution in [1.82, 2.24) is 19.9 Å². The number of carbonyl (C=O) groups is 2. The maximum Gasteiger partial charge on any atom is 0.274 e. The van der Waals surface area contributed by atoms with Crippen LogP contribution in [-0.4, -0.2) is 38.0 Å². The summed E-state index contributed by atoms with van der Waals surface area (Å²) in [7, 11) is 0. The standard InChI is InChI=1S/C27H24N4O4/c32-25(29-35)19-14-12-18(13-15-19)17-31-24(28-22-10-5-4-9-21(22)27(31)34)23-11-6-16-30(23)26(33)20-7-2-1-3-8-20/h1-5,7-10,12-15,23,35H,6,11,16-17H2,(H,29,32)/t23-/m0/s1. The summed E-state index contributed by atoms with van der Waals surface area (Å²) in [6, 6.07) is 22.6. The Balaban J connectivity index is 1.58. The number of hydrogen-bond donors (Lipinski definition) is 2.